The van der Waals surface area contributed by atoms with Crippen molar-refractivity contribution in [1.29, 1.82) is 0 Å². The van der Waals surface area contributed by atoms with Crippen molar-refractivity contribution >= 4 is 11.6 Å². The molecule has 1 aromatic heterocycles. The number of aromatic nitrogens is 1. The second kappa shape index (κ2) is 6.89. The van der Waals surface area contributed by atoms with Gasteiger partial charge in [0.25, 0.3) is 11.6 Å². The standard InChI is InChI=1S/C12H20N4O3/c1-3-6-15-8-10(16(18)19)7-11(15)12(17)14-5-4-9(2)13/h7-9H,3-6,13H2,1-2H3,(H,14,17). The van der Waals surface area contributed by atoms with Gasteiger partial charge in [-0.15, -0.1) is 0 Å². The van der Waals surface area contributed by atoms with Gasteiger partial charge in [0, 0.05) is 25.2 Å². The number of amides is 1. The minimum Gasteiger partial charge on any atom is -0.351 e. The Morgan fingerprint density at radius 1 is 1.63 bits per heavy atom. The van der Waals surface area contributed by atoms with E-state index in [0.717, 1.165) is 6.42 Å². The third-order valence-corrected chi connectivity index (χ3v) is 2.68. The third-order valence-electron chi connectivity index (χ3n) is 2.68. The van der Waals surface area contributed by atoms with Crippen LogP contribution in [0.15, 0.2) is 12.3 Å². The normalized spacial score (nSPS) is 12.2. The molecule has 1 rings (SSSR count). The van der Waals surface area contributed by atoms with Crippen molar-refractivity contribution in [2.24, 2.45) is 5.73 Å². The number of aryl methyl sites for hydroxylation is 1. The highest BCUT2D eigenvalue weighted by Gasteiger charge is 2.18. The van der Waals surface area contributed by atoms with Gasteiger partial charge in [0.2, 0.25) is 0 Å². The number of nitrogens with zero attached hydrogens (tertiary/aromatic N) is 2. The van der Waals surface area contributed by atoms with Gasteiger partial charge in [-0.1, -0.05) is 6.92 Å². The lowest BCUT2D eigenvalue weighted by Gasteiger charge is -2.09. The molecule has 0 aliphatic carbocycles. The lowest BCUT2D eigenvalue weighted by Crippen LogP contribution is -2.30. The molecule has 7 heteroatoms. The van der Waals surface area contributed by atoms with Gasteiger partial charge in [0.1, 0.15) is 5.69 Å². The fraction of sp³-hybridized carbons (Fsp3) is 0.583. The summed E-state index contributed by atoms with van der Waals surface area (Å²) in [5.74, 6) is -0.304. The summed E-state index contributed by atoms with van der Waals surface area (Å²) in [6.07, 6.45) is 2.86. The zero-order valence-electron chi connectivity index (χ0n) is 11.3. The smallest absolute Gasteiger partial charge is 0.287 e. The number of carbonyl (C=O) groups is 1. The first-order valence-electron chi connectivity index (χ1n) is 6.34. The number of carbonyl (C=O) groups excluding carboxylic acids is 1. The van der Waals surface area contributed by atoms with Crippen LogP contribution in [0.25, 0.3) is 0 Å². The van der Waals surface area contributed by atoms with E-state index in [1.165, 1.54) is 12.3 Å². The van der Waals surface area contributed by atoms with Crippen molar-refractivity contribution in [3.05, 3.63) is 28.1 Å². The van der Waals surface area contributed by atoms with Gasteiger partial charge in [-0.3, -0.25) is 14.9 Å². The lowest BCUT2D eigenvalue weighted by molar-refractivity contribution is -0.384. The van der Waals surface area contributed by atoms with Crippen LogP contribution in [0.3, 0.4) is 0 Å². The minimum atomic E-state index is -0.495. The molecule has 106 valence electrons. The summed E-state index contributed by atoms with van der Waals surface area (Å²) in [5, 5.41) is 13.5. The lowest BCUT2D eigenvalue weighted by atomic mass is 10.2. The summed E-state index contributed by atoms with van der Waals surface area (Å²) >= 11 is 0. The van der Waals surface area contributed by atoms with Gasteiger partial charge in [-0.2, -0.15) is 0 Å². The number of nitrogens with one attached hydrogen (secondary N) is 1. The summed E-state index contributed by atoms with van der Waals surface area (Å²) in [5.41, 5.74) is 5.85. The van der Waals surface area contributed by atoms with Crippen molar-refractivity contribution in [3.8, 4) is 0 Å². The van der Waals surface area contributed by atoms with Crippen LogP contribution in [0.4, 0.5) is 5.69 Å². The number of hydrogen-bond donors (Lipinski definition) is 2. The number of hydrogen-bond acceptors (Lipinski definition) is 4. The summed E-state index contributed by atoms with van der Waals surface area (Å²) in [4.78, 5) is 22.2. The molecule has 1 amide bonds. The molecule has 7 nitrogen and oxygen atoms in total. The summed E-state index contributed by atoms with van der Waals surface area (Å²) < 4.78 is 1.61. The molecule has 1 atom stereocenters. The van der Waals surface area contributed by atoms with Crippen LogP contribution in [0, 0.1) is 10.1 Å². The SMILES string of the molecule is CCCn1cc([N+](=O)[O-])cc1C(=O)NCCC(C)N. The zero-order valence-corrected chi connectivity index (χ0v) is 11.3. The fourth-order valence-electron chi connectivity index (χ4n) is 1.72. The van der Waals surface area contributed by atoms with Gasteiger partial charge in [0.15, 0.2) is 0 Å². The Morgan fingerprint density at radius 3 is 2.84 bits per heavy atom. The molecule has 0 saturated heterocycles. The average molecular weight is 268 g/mol. The van der Waals surface area contributed by atoms with Gasteiger partial charge in [-0.25, -0.2) is 0 Å². The van der Waals surface area contributed by atoms with Crippen LogP contribution in [-0.4, -0.2) is 28.0 Å². The molecule has 0 radical (unpaired) electrons. The van der Waals surface area contributed by atoms with Crippen LogP contribution >= 0.6 is 0 Å². The van der Waals surface area contributed by atoms with Crippen LogP contribution in [0.5, 0.6) is 0 Å². The molecule has 0 fully saturated rings. The van der Waals surface area contributed by atoms with Crippen molar-refractivity contribution in [1.82, 2.24) is 9.88 Å². The molecule has 1 heterocycles. The average Bonchev–Trinajstić information content (AvgIpc) is 2.73. The van der Waals surface area contributed by atoms with Crippen LogP contribution in [-0.2, 0) is 6.54 Å². The minimum absolute atomic E-state index is 0.0112. The highest BCUT2D eigenvalue weighted by atomic mass is 16.6. The first-order chi connectivity index (χ1) is 8.95. The van der Waals surface area contributed by atoms with Crippen LogP contribution < -0.4 is 11.1 Å². The molecule has 0 spiro atoms. The van der Waals surface area contributed by atoms with E-state index < -0.39 is 4.92 Å². The molecule has 0 aliphatic heterocycles. The topological polar surface area (TPSA) is 103 Å². The molecular formula is C12H20N4O3. The molecule has 0 aromatic carbocycles. The summed E-state index contributed by atoms with van der Waals surface area (Å²) in [7, 11) is 0. The van der Waals surface area contributed by atoms with E-state index in [2.05, 4.69) is 5.32 Å². The number of nitro groups is 1. The van der Waals surface area contributed by atoms with E-state index in [1.54, 1.807) is 4.57 Å². The molecule has 0 saturated carbocycles. The van der Waals surface area contributed by atoms with Crippen LogP contribution in [0.2, 0.25) is 0 Å². The van der Waals surface area contributed by atoms with E-state index >= 15 is 0 Å². The monoisotopic (exact) mass is 268 g/mol. The van der Waals surface area contributed by atoms with E-state index in [4.69, 9.17) is 5.73 Å². The number of nitrogens with two attached hydrogens (primary N) is 1. The van der Waals surface area contributed by atoms with Gasteiger partial charge < -0.3 is 15.6 Å². The zero-order chi connectivity index (χ0) is 14.4. The Kier molecular flexibility index (Phi) is 5.50. The predicted molar refractivity (Wildman–Crippen MR) is 72.0 cm³/mol. The summed E-state index contributed by atoms with van der Waals surface area (Å²) in [6.45, 7) is 4.84. The van der Waals surface area contributed by atoms with Crippen LogP contribution in [0.1, 0.15) is 37.2 Å². The van der Waals surface area contributed by atoms with E-state index in [-0.39, 0.29) is 17.6 Å². The van der Waals surface area contributed by atoms with Gasteiger partial charge >= 0.3 is 0 Å². The molecule has 1 aromatic rings. The van der Waals surface area contributed by atoms with Crippen molar-refractivity contribution in [2.45, 2.75) is 39.3 Å². The van der Waals surface area contributed by atoms with E-state index in [9.17, 15) is 14.9 Å². The largest absolute Gasteiger partial charge is 0.351 e. The van der Waals surface area contributed by atoms with E-state index in [0.29, 0.717) is 25.2 Å². The molecule has 0 aliphatic rings. The maximum Gasteiger partial charge on any atom is 0.287 e. The van der Waals surface area contributed by atoms with Crippen molar-refractivity contribution < 1.29 is 9.72 Å². The predicted octanol–water partition coefficient (Wildman–Crippen LogP) is 1.27. The Bertz CT molecular complexity index is 454. The maximum atomic E-state index is 12.0. The first kappa shape index (κ1) is 15.2. The quantitative estimate of drug-likeness (QED) is 0.574. The first-order valence-corrected chi connectivity index (χ1v) is 6.34. The second-order valence-electron chi connectivity index (χ2n) is 4.56. The third kappa shape index (κ3) is 4.36. The Labute approximate surface area is 111 Å². The Hall–Kier alpha value is -1.89. The molecule has 19 heavy (non-hydrogen) atoms. The van der Waals surface area contributed by atoms with Crippen molar-refractivity contribution in [2.75, 3.05) is 6.54 Å². The second-order valence-corrected chi connectivity index (χ2v) is 4.56. The van der Waals surface area contributed by atoms with Crippen molar-refractivity contribution in [3.63, 3.8) is 0 Å². The highest BCUT2D eigenvalue weighted by Crippen LogP contribution is 2.17. The number of rotatable bonds is 7. The molecule has 3 N–H and O–H groups in total. The fourth-order valence-corrected chi connectivity index (χ4v) is 1.72. The Balaban J connectivity index is 2.79. The van der Waals surface area contributed by atoms with Gasteiger partial charge in [-0.05, 0) is 19.8 Å². The molecular weight excluding hydrogens is 248 g/mol. The maximum absolute atomic E-state index is 12.0. The Morgan fingerprint density at radius 2 is 2.32 bits per heavy atom. The van der Waals surface area contributed by atoms with Gasteiger partial charge in [0.05, 0.1) is 11.1 Å². The highest BCUT2D eigenvalue weighted by molar-refractivity contribution is 5.93. The molecule has 0 bridgehead atoms. The van der Waals surface area contributed by atoms with E-state index in [1.807, 2.05) is 13.8 Å². The summed E-state index contributed by atoms with van der Waals surface area (Å²) in [6, 6.07) is 1.31. The molecule has 1 unspecified atom stereocenters.